The molecule has 0 aliphatic carbocycles. The highest BCUT2D eigenvalue weighted by Crippen LogP contribution is 1.98. The van der Waals surface area contributed by atoms with E-state index in [0.29, 0.717) is 12.0 Å². The molecule has 3 nitrogen and oxygen atoms in total. The summed E-state index contributed by atoms with van der Waals surface area (Å²) in [5.74, 6) is -0.464. The third-order valence-corrected chi connectivity index (χ3v) is 1.07. The standard InChI is InChI=1S/C8H12O3/c1-4-5-6-7(2)8(9)11-10-3/h4,6H,1,5H2,2-3H3/b7-6+. The summed E-state index contributed by atoms with van der Waals surface area (Å²) in [6, 6.07) is 0. The van der Waals surface area contributed by atoms with Gasteiger partial charge in [-0.15, -0.1) is 6.58 Å². The summed E-state index contributed by atoms with van der Waals surface area (Å²) in [5, 5.41) is 0. The lowest BCUT2D eigenvalue weighted by molar-refractivity contribution is -0.250. The van der Waals surface area contributed by atoms with Gasteiger partial charge in [-0.05, 0) is 13.3 Å². The van der Waals surface area contributed by atoms with Gasteiger partial charge >= 0.3 is 5.97 Å². The molecule has 0 rings (SSSR count). The summed E-state index contributed by atoms with van der Waals surface area (Å²) in [6.45, 7) is 5.17. The van der Waals surface area contributed by atoms with Gasteiger partial charge in [0.15, 0.2) is 0 Å². The summed E-state index contributed by atoms with van der Waals surface area (Å²) in [7, 11) is 1.29. The first kappa shape index (κ1) is 9.91. The summed E-state index contributed by atoms with van der Waals surface area (Å²) in [6.07, 6.45) is 4.07. The Morgan fingerprint density at radius 1 is 1.64 bits per heavy atom. The van der Waals surface area contributed by atoms with Crippen LogP contribution in [0, 0.1) is 0 Å². The lowest BCUT2D eigenvalue weighted by Gasteiger charge is -1.97. The van der Waals surface area contributed by atoms with Gasteiger partial charge in [0.1, 0.15) is 0 Å². The summed E-state index contributed by atoms with van der Waals surface area (Å²) in [5.41, 5.74) is 0.520. The topological polar surface area (TPSA) is 35.5 Å². The van der Waals surface area contributed by atoms with Gasteiger partial charge in [-0.3, -0.25) is 4.89 Å². The minimum atomic E-state index is -0.464. The molecule has 0 aliphatic rings. The first-order valence-corrected chi connectivity index (χ1v) is 3.25. The zero-order valence-electron chi connectivity index (χ0n) is 6.79. The van der Waals surface area contributed by atoms with Crippen molar-refractivity contribution in [1.29, 1.82) is 0 Å². The first-order valence-electron chi connectivity index (χ1n) is 3.25. The molecule has 11 heavy (non-hydrogen) atoms. The smallest absolute Gasteiger partial charge is 0.294 e. The number of hydrogen-bond donors (Lipinski definition) is 0. The molecule has 0 unspecified atom stereocenters. The van der Waals surface area contributed by atoms with Gasteiger partial charge in [0.2, 0.25) is 0 Å². The van der Waals surface area contributed by atoms with Crippen LogP contribution in [0.2, 0.25) is 0 Å². The third-order valence-electron chi connectivity index (χ3n) is 1.07. The van der Waals surface area contributed by atoms with Gasteiger partial charge in [-0.2, -0.15) is 4.89 Å². The highest BCUT2D eigenvalue weighted by Gasteiger charge is 2.03. The van der Waals surface area contributed by atoms with Crippen molar-refractivity contribution in [2.75, 3.05) is 7.11 Å². The summed E-state index contributed by atoms with van der Waals surface area (Å²) in [4.78, 5) is 19.2. The summed E-state index contributed by atoms with van der Waals surface area (Å²) < 4.78 is 0. The van der Waals surface area contributed by atoms with Crippen molar-refractivity contribution in [1.82, 2.24) is 0 Å². The Kier molecular flexibility index (Phi) is 5.11. The maximum atomic E-state index is 10.8. The van der Waals surface area contributed by atoms with Gasteiger partial charge < -0.3 is 0 Å². The zero-order chi connectivity index (χ0) is 8.69. The fraction of sp³-hybridized carbons (Fsp3) is 0.375. The molecule has 0 spiro atoms. The molecule has 62 valence electrons. The molecule has 0 aromatic rings. The number of rotatable bonds is 4. The minimum absolute atomic E-state index is 0.464. The highest BCUT2D eigenvalue weighted by atomic mass is 17.2. The normalized spacial score (nSPS) is 10.9. The van der Waals surface area contributed by atoms with Gasteiger partial charge in [0.05, 0.1) is 7.11 Å². The van der Waals surface area contributed by atoms with Crippen LogP contribution in [-0.2, 0) is 14.6 Å². The van der Waals surface area contributed by atoms with Crippen molar-refractivity contribution in [3.8, 4) is 0 Å². The Balaban J connectivity index is 3.89. The van der Waals surface area contributed by atoms with E-state index in [9.17, 15) is 4.79 Å². The molecule has 0 aromatic carbocycles. The number of hydrogen-bond acceptors (Lipinski definition) is 3. The molecule has 0 saturated carbocycles. The number of allylic oxidation sites excluding steroid dienone is 2. The molecular formula is C8H12O3. The van der Waals surface area contributed by atoms with E-state index < -0.39 is 5.97 Å². The van der Waals surface area contributed by atoms with Crippen molar-refractivity contribution >= 4 is 5.97 Å². The number of carbonyl (C=O) groups excluding carboxylic acids is 1. The molecule has 0 saturated heterocycles. The van der Waals surface area contributed by atoms with Crippen LogP contribution in [0.5, 0.6) is 0 Å². The second-order valence-corrected chi connectivity index (χ2v) is 1.95. The largest absolute Gasteiger partial charge is 0.368 e. The van der Waals surface area contributed by atoms with Gasteiger partial charge in [-0.1, -0.05) is 12.2 Å². The zero-order valence-corrected chi connectivity index (χ0v) is 6.79. The predicted octanol–water partition coefficient (Wildman–Crippen LogP) is 1.61. The maximum Gasteiger partial charge on any atom is 0.368 e. The SMILES string of the molecule is C=CC/C=C(\C)C(=O)OOC. The van der Waals surface area contributed by atoms with Crippen LogP contribution in [0.15, 0.2) is 24.3 Å². The number of carbonyl (C=O) groups is 1. The second kappa shape index (κ2) is 5.68. The van der Waals surface area contributed by atoms with E-state index >= 15 is 0 Å². The fourth-order valence-electron chi connectivity index (χ4n) is 0.485. The van der Waals surface area contributed by atoms with E-state index in [1.165, 1.54) is 7.11 Å². The van der Waals surface area contributed by atoms with Gasteiger partial charge in [0.25, 0.3) is 0 Å². The Morgan fingerprint density at radius 3 is 2.73 bits per heavy atom. The maximum absolute atomic E-state index is 10.8. The molecular weight excluding hydrogens is 144 g/mol. The minimum Gasteiger partial charge on any atom is -0.294 e. The van der Waals surface area contributed by atoms with Crippen molar-refractivity contribution in [2.45, 2.75) is 13.3 Å². The Hall–Kier alpha value is -1.09. The summed E-state index contributed by atoms with van der Waals surface area (Å²) >= 11 is 0. The van der Waals surface area contributed by atoms with E-state index in [0.717, 1.165) is 0 Å². The molecule has 0 atom stereocenters. The third kappa shape index (κ3) is 4.33. The Bertz CT molecular complexity index is 170. The molecule has 0 aromatic heterocycles. The van der Waals surface area contributed by atoms with E-state index in [1.807, 2.05) is 0 Å². The lowest BCUT2D eigenvalue weighted by Crippen LogP contribution is -2.04. The highest BCUT2D eigenvalue weighted by molar-refractivity contribution is 5.87. The van der Waals surface area contributed by atoms with Crippen LogP contribution < -0.4 is 0 Å². The second-order valence-electron chi connectivity index (χ2n) is 1.95. The molecule has 0 amide bonds. The van der Waals surface area contributed by atoms with E-state index in [2.05, 4.69) is 16.4 Å². The van der Waals surface area contributed by atoms with E-state index in [4.69, 9.17) is 0 Å². The van der Waals surface area contributed by atoms with Gasteiger partial charge in [0, 0.05) is 5.57 Å². The molecule has 3 heteroatoms. The van der Waals surface area contributed by atoms with Gasteiger partial charge in [-0.25, -0.2) is 4.79 Å². The molecule has 0 heterocycles. The monoisotopic (exact) mass is 156 g/mol. The van der Waals surface area contributed by atoms with Crippen molar-refractivity contribution in [3.63, 3.8) is 0 Å². The predicted molar refractivity (Wildman–Crippen MR) is 41.7 cm³/mol. The quantitative estimate of drug-likeness (QED) is 0.268. The Labute approximate surface area is 66.2 Å². The van der Waals surface area contributed by atoms with E-state index in [-0.39, 0.29) is 0 Å². The van der Waals surface area contributed by atoms with Crippen molar-refractivity contribution in [3.05, 3.63) is 24.3 Å². The van der Waals surface area contributed by atoms with Crippen molar-refractivity contribution < 1.29 is 14.6 Å². The van der Waals surface area contributed by atoms with Crippen LogP contribution in [0.4, 0.5) is 0 Å². The van der Waals surface area contributed by atoms with Crippen molar-refractivity contribution in [2.24, 2.45) is 0 Å². The Morgan fingerprint density at radius 2 is 2.27 bits per heavy atom. The molecule has 0 bridgehead atoms. The average molecular weight is 156 g/mol. The molecule has 0 fully saturated rings. The van der Waals surface area contributed by atoms with E-state index in [1.54, 1.807) is 19.1 Å². The van der Waals surface area contributed by atoms with Crippen LogP contribution in [0.25, 0.3) is 0 Å². The lowest BCUT2D eigenvalue weighted by atomic mass is 10.2. The van der Waals surface area contributed by atoms with Crippen LogP contribution in [0.3, 0.4) is 0 Å². The molecule has 0 N–H and O–H groups in total. The molecule has 0 aliphatic heterocycles. The molecule has 0 radical (unpaired) electrons. The average Bonchev–Trinajstić information content (AvgIpc) is 2.00. The van der Waals surface area contributed by atoms with Crippen LogP contribution >= 0.6 is 0 Å². The van der Waals surface area contributed by atoms with Crippen LogP contribution in [0.1, 0.15) is 13.3 Å². The first-order chi connectivity index (χ1) is 5.22. The van der Waals surface area contributed by atoms with Crippen LogP contribution in [-0.4, -0.2) is 13.1 Å². The fourth-order valence-corrected chi connectivity index (χ4v) is 0.485.